The van der Waals surface area contributed by atoms with Crippen LogP contribution in [0.2, 0.25) is 0 Å². The van der Waals surface area contributed by atoms with E-state index in [0.29, 0.717) is 11.7 Å². The van der Waals surface area contributed by atoms with Crippen molar-refractivity contribution in [2.45, 2.75) is 25.2 Å². The average Bonchev–Trinajstić information content (AvgIpc) is 3.18. The van der Waals surface area contributed by atoms with Gasteiger partial charge in [0.2, 0.25) is 0 Å². The van der Waals surface area contributed by atoms with Crippen LogP contribution in [0.4, 0.5) is 11.5 Å². The summed E-state index contributed by atoms with van der Waals surface area (Å²) in [6.45, 7) is 0. The maximum atomic E-state index is 6.33. The van der Waals surface area contributed by atoms with Gasteiger partial charge in [-0.2, -0.15) is 0 Å². The molecule has 0 aliphatic heterocycles. The molecule has 3 aromatic heterocycles. The summed E-state index contributed by atoms with van der Waals surface area (Å²) in [6.07, 6.45) is 7.33. The third-order valence-corrected chi connectivity index (χ3v) is 6.50. The Morgan fingerprint density at radius 3 is 2.59 bits per heavy atom. The van der Waals surface area contributed by atoms with Crippen LogP contribution < -0.4 is 11.1 Å². The van der Waals surface area contributed by atoms with Gasteiger partial charge >= 0.3 is 0 Å². The lowest BCUT2D eigenvalue weighted by atomic mass is 9.85. The minimum absolute atomic E-state index is 0.484. The summed E-state index contributed by atoms with van der Waals surface area (Å²) in [4.78, 5) is 14.4. The van der Waals surface area contributed by atoms with Gasteiger partial charge in [-0.1, -0.05) is 48.9 Å². The van der Waals surface area contributed by atoms with Gasteiger partial charge in [-0.25, -0.2) is 15.0 Å². The van der Waals surface area contributed by atoms with E-state index < -0.39 is 0 Å². The number of imidazole rings is 1. The molecule has 3 heterocycles. The monoisotopic (exact) mass is 420 g/mol. The maximum absolute atomic E-state index is 6.33. The van der Waals surface area contributed by atoms with E-state index in [1.165, 1.54) is 19.3 Å². The van der Waals surface area contributed by atoms with Gasteiger partial charge in [-0.05, 0) is 25.0 Å². The van der Waals surface area contributed by atoms with E-state index >= 15 is 0 Å². The molecule has 1 aliphatic carbocycles. The van der Waals surface area contributed by atoms with Gasteiger partial charge in [-0.15, -0.1) is 0 Å². The summed E-state index contributed by atoms with van der Waals surface area (Å²) < 4.78 is 2.12. The Kier molecular flexibility index (Phi) is 4.31. The summed E-state index contributed by atoms with van der Waals surface area (Å²) in [5.74, 6) is 2.07. The lowest BCUT2D eigenvalue weighted by molar-refractivity contribution is 0.400. The molecule has 1 aliphatic rings. The SMILES string of the molecule is CNc1cc(-c2ccccc2)nc2cc(-c3nc(C4CCC4)n4ccnc(N)c34)ccc12. The Bertz CT molecular complexity index is 1450. The van der Waals surface area contributed by atoms with Crippen LogP contribution in [0.3, 0.4) is 0 Å². The molecule has 6 rings (SSSR count). The molecule has 2 aromatic carbocycles. The van der Waals surface area contributed by atoms with Gasteiger partial charge < -0.3 is 11.1 Å². The molecule has 6 heteroatoms. The van der Waals surface area contributed by atoms with Crippen molar-refractivity contribution in [1.82, 2.24) is 19.4 Å². The van der Waals surface area contributed by atoms with E-state index in [1.54, 1.807) is 6.20 Å². The van der Waals surface area contributed by atoms with Crippen molar-refractivity contribution in [3.8, 4) is 22.5 Å². The van der Waals surface area contributed by atoms with Crippen molar-refractivity contribution in [1.29, 1.82) is 0 Å². The molecular formula is C26H24N6. The molecule has 0 spiro atoms. The minimum Gasteiger partial charge on any atom is -0.388 e. The van der Waals surface area contributed by atoms with E-state index in [9.17, 15) is 0 Å². The van der Waals surface area contributed by atoms with E-state index in [2.05, 4.69) is 51.1 Å². The number of pyridine rings is 1. The molecule has 3 N–H and O–H groups in total. The fourth-order valence-electron chi connectivity index (χ4n) is 4.58. The van der Waals surface area contributed by atoms with Gasteiger partial charge in [0.25, 0.3) is 0 Å². The zero-order chi connectivity index (χ0) is 21.7. The van der Waals surface area contributed by atoms with E-state index in [-0.39, 0.29) is 0 Å². The number of hydrogen-bond acceptors (Lipinski definition) is 5. The van der Waals surface area contributed by atoms with Crippen molar-refractivity contribution < 1.29 is 0 Å². The van der Waals surface area contributed by atoms with Gasteiger partial charge in [-0.3, -0.25) is 4.40 Å². The summed E-state index contributed by atoms with van der Waals surface area (Å²) in [5, 5.41) is 4.40. The quantitative estimate of drug-likeness (QED) is 0.401. The maximum Gasteiger partial charge on any atom is 0.150 e. The predicted octanol–water partition coefficient (Wildman–Crippen LogP) is 5.50. The van der Waals surface area contributed by atoms with Crippen LogP contribution in [0.5, 0.6) is 0 Å². The highest BCUT2D eigenvalue weighted by Gasteiger charge is 2.27. The number of rotatable bonds is 4. The number of aromatic nitrogens is 4. The summed E-state index contributed by atoms with van der Waals surface area (Å²) in [6, 6.07) is 18.7. The number of nitrogen functional groups attached to an aromatic ring is 1. The number of benzene rings is 2. The van der Waals surface area contributed by atoms with Crippen LogP contribution in [0.15, 0.2) is 67.0 Å². The van der Waals surface area contributed by atoms with Crippen LogP contribution in [-0.2, 0) is 0 Å². The van der Waals surface area contributed by atoms with Crippen LogP contribution in [-0.4, -0.2) is 26.4 Å². The zero-order valence-electron chi connectivity index (χ0n) is 17.9. The number of nitrogens with one attached hydrogen (secondary N) is 1. The Hall–Kier alpha value is -3.93. The molecule has 1 fully saturated rings. The Morgan fingerprint density at radius 2 is 1.84 bits per heavy atom. The molecule has 0 saturated heterocycles. The Morgan fingerprint density at radius 1 is 1.00 bits per heavy atom. The second kappa shape index (κ2) is 7.34. The first kappa shape index (κ1) is 18.8. The fourth-order valence-corrected chi connectivity index (χ4v) is 4.58. The van der Waals surface area contributed by atoms with Gasteiger partial charge in [0, 0.05) is 47.6 Å². The van der Waals surface area contributed by atoms with Gasteiger partial charge in [0.15, 0.2) is 0 Å². The number of hydrogen-bond donors (Lipinski definition) is 2. The molecular weight excluding hydrogens is 396 g/mol. The van der Waals surface area contributed by atoms with Crippen molar-refractivity contribution in [2.24, 2.45) is 0 Å². The Labute approximate surface area is 186 Å². The third kappa shape index (κ3) is 2.91. The molecule has 1 saturated carbocycles. The van der Waals surface area contributed by atoms with Gasteiger partial charge in [0.05, 0.1) is 11.2 Å². The first-order chi connectivity index (χ1) is 15.7. The summed E-state index contributed by atoms with van der Waals surface area (Å²) >= 11 is 0. The second-order valence-corrected chi connectivity index (χ2v) is 8.38. The van der Waals surface area contributed by atoms with E-state index in [0.717, 1.165) is 50.4 Å². The lowest BCUT2D eigenvalue weighted by Gasteiger charge is -2.23. The number of anilines is 2. The van der Waals surface area contributed by atoms with Gasteiger partial charge in [0.1, 0.15) is 22.9 Å². The molecule has 5 aromatic rings. The number of nitrogens with two attached hydrogens (primary N) is 1. The lowest BCUT2D eigenvalue weighted by Crippen LogP contribution is -2.12. The van der Waals surface area contributed by atoms with Crippen molar-refractivity contribution >= 4 is 27.9 Å². The van der Waals surface area contributed by atoms with Crippen LogP contribution in [0, 0.1) is 0 Å². The molecule has 0 amide bonds. The largest absolute Gasteiger partial charge is 0.388 e. The molecule has 0 atom stereocenters. The highest BCUT2D eigenvalue weighted by Crippen LogP contribution is 2.40. The molecule has 32 heavy (non-hydrogen) atoms. The topological polar surface area (TPSA) is 81.1 Å². The van der Waals surface area contributed by atoms with Crippen LogP contribution >= 0.6 is 0 Å². The third-order valence-electron chi connectivity index (χ3n) is 6.50. The molecule has 0 unspecified atom stereocenters. The smallest absolute Gasteiger partial charge is 0.150 e. The van der Waals surface area contributed by atoms with Crippen molar-refractivity contribution in [2.75, 3.05) is 18.1 Å². The van der Waals surface area contributed by atoms with E-state index in [1.807, 2.05) is 31.4 Å². The second-order valence-electron chi connectivity index (χ2n) is 8.38. The van der Waals surface area contributed by atoms with Crippen molar-refractivity contribution in [3.63, 3.8) is 0 Å². The van der Waals surface area contributed by atoms with Crippen LogP contribution in [0.1, 0.15) is 31.0 Å². The normalized spacial score (nSPS) is 14.0. The highest BCUT2D eigenvalue weighted by molar-refractivity contribution is 5.97. The fraction of sp³-hybridized carbons (Fsp3) is 0.192. The first-order valence-electron chi connectivity index (χ1n) is 11.0. The first-order valence-corrected chi connectivity index (χ1v) is 11.0. The molecule has 158 valence electrons. The molecule has 6 nitrogen and oxygen atoms in total. The Balaban J connectivity index is 1.57. The highest BCUT2D eigenvalue weighted by atomic mass is 15.1. The van der Waals surface area contributed by atoms with Crippen LogP contribution in [0.25, 0.3) is 38.9 Å². The predicted molar refractivity (Wildman–Crippen MR) is 130 cm³/mol. The average molecular weight is 421 g/mol. The molecule has 0 radical (unpaired) electrons. The summed E-state index contributed by atoms with van der Waals surface area (Å²) in [7, 11) is 1.94. The number of fused-ring (bicyclic) bond motifs is 2. The number of nitrogens with zero attached hydrogens (tertiary/aromatic N) is 4. The molecule has 0 bridgehead atoms. The standard InChI is InChI=1S/C26H24N6/c1-28-21-15-20(16-6-3-2-4-7-16)30-22-14-18(10-11-19(21)22)23-24-25(27)29-12-13-32(24)26(31-23)17-8-5-9-17/h2-4,6-7,10-15,17H,5,8-9H2,1H3,(H2,27,29)(H,28,30). The summed E-state index contributed by atoms with van der Waals surface area (Å²) in [5.41, 5.74) is 13.1. The van der Waals surface area contributed by atoms with E-state index in [4.69, 9.17) is 15.7 Å². The zero-order valence-corrected chi connectivity index (χ0v) is 17.9. The van der Waals surface area contributed by atoms with Crippen molar-refractivity contribution in [3.05, 3.63) is 72.8 Å². The minimum atomic E-state index is 0.484.